The van der Waals surface area contributed by atoms with Gasteiger partial charge in [0.2, 0.25) is 5.13 Å². The highest BCUT2D eigenvalue weighted by Crippen LogP contribution is 2.20. The molecule has 0 aliphatic rings. The number of halogens is 1. The van der Waals surface area contributed by atoms with Crippen molar-refractivity contribution in [2.45, 2.75) is 0 Å². The zero-order chi connectivity index (χ0) is 13.2. The van der Waals surface area contributed by atoms with Crippen LogP contribution in [0, 0.1) is 0 Å². The van der Waals surface area contributed by atoms with Gasteiger partial charge in [0.15, 0.2) is 5.65 Å². The van der Waals surface area contributed by atoms with Crippen LogP contribution in [0.2, 0.25) is 0 Å². The summed E-state index contributed by atoms with van der Waals surface area (Å²) in [5.74, 6) is 0.583. The van der Waals surface area contributed by atoms with Crippen LogP contribution in [-0.2, 0) is 0 Å². The molecule has 3 N–H and O–H groups in total. The fraction of sp³-hybridized carbons (Fsp3) is 0. The summed E-state index contributed by atoms with van der Waals surface area (Å²) in [6.45, 7) is 0. The molecule has 0 saturated heterocycles. The van der Waals surface area contributed by atoms with Crippen molar-refractivity contribution < 1.29 is 4.42 Å². The van der Waals surface area contributed by atoms with E-state index < -0.39 is 11.2 Å². The van der Waals surface area contributed by atoms with Crippen molar-refractivity contribution in [2.75, 3.05) is 5.43 Å². The van der Waals surface area contributed by atoms with Crippen molar-refractivity contribution in [3.8, 4) is 0 Å². The van der Waals surface area contributed by atoms with Gasteiger partial charge in [0.05, 0.1) is 12.5 Å². The largest absolute Gasteiger partial charge is 0.463 e. The Morgan fingerprint density at radius 3 is 3.00 bits per heavy atom. The van der Waals surface area contributed by atoms with Gasteiger partial charge in [-0.15, -0.1) is 17.0 Å². The lowest BCUT2D eigenvalue weighted by atomic mass is 10.5. The molecule has 0 unspecified atom stereocenters. The van der Waals surface area contributed by atoms with E-state index in [2.05, 4.69) is 25.5 Å². The number of H-pyrrole nitrogens is 2. The number of rotatable bonds is 3. The number of aromatic nitrogens is 3. The highest BCUT2D eigenvalue weighted by atomic mass is 79.9. The van der Waals surface area contributed by atoms with Gasteiger partial charge in [-0.05, 0) is 12.1 Å². The first-order valence-electron chi connectivity index (χ1n) is 5.18. The zero-order valence-corrected chi connectivity index (χ0v) is 12.3. The van der Waals surface area contributed by atoms with Crippen LogP contribution in [0.1, 0.15) is 5.76 Å². The molecule has 0 aliphatic carbocycles. The number of hydrogen-bond donors (Lipinski definition) is 3. The molecule has 0 radical (unpaired) electrons. The highest BCUT2D eigenvalue weighted by Gasteiger charge is 2.07. The summed E-state index contributed by atoms with van der Waals surface area (Å²) in [7, 11) is 0. The normalized spacial score (nSPS) is 10.8. The third-order valence-electron chi connectivity index (χ3n) is 2.19. The molecule has 0 bridgehead atoms. The molecular weight excluding hydrogens is 350 g/mol. The minimum atomic E-state index is -0.589. The predicted molar refractivity (Wildman–Crippen MR) is 81.1 cm³/mol. The predicted octanol–water partition coefficient (Wildman–Crippen LogP) is 1.29. The van der Waals surface area contributed by atoms with Gasteiger partial charge >= 0.3 is 5.69 Å². The Bertz CT molecular complexity index is 848. The van der Waals surface area contributed by atoms with Crippen LogP contribution in [0.3, 0.4) is 0 Å². The molecule has 3 aromatic rings. The molecule has 3 aromatic heterocycles. The molecule has 0 aromatic carbocycles. The zero-order valence-electron chi connectivity index (χ0n) is 9.75. The SMILES string of the molecule is Br.O=c1[nH]c(=O)c2sc(NN=Cc3ccco3)nc2[nH]1. The van der Waals surface area contributed by atoms with Crippen LogP contribution >= 0.6 is 28.3 Å². The highest BCUT2D eigenvalue weighted by molar-refractivity contribution is 8.93. The fourth-order valence-electron chi connectivity index (χ4n) is 1.42. The van der Waals surface area contributed by atoms with Gasteiger partial charge in [-0.1, -0.05) is 11.3 Å². The summed E-state index contributed by atoms with van der Waals surface area (Å²) in [6, 6.07) is 3.48. The summed E-state index contributed by atoms with van der Waals surface area (Å²) in [5.41, 5.74) is 1.83. The van der Waals surface area contributed by atoms with Gasteiger partial charge in [-0.2, -0.15) is 5.10 Å². The van der Waals surface area contributed by atoms with Crippen molar-refractivity contribution in [1.29, 1.82) is 0 Å². The van der Waals surface area contributed by atoms with Crippen LogP contribution in [0.15, 0.2) is 37.5 Å². The van der Waals surface area contributed by atoms with E-state index in [0.29, 0.717) is 15.6 Å². The lowest BCUT2D eigenvalue weighted by Gasteiger charge is -1.89. The van der Waals surface area contributed by atoms with Crippen molar-refractivity contribution in [3.63, 3.8) is 0 Å². The average Bonchev–Trinajstić information content (AvgIpc) is 2.98. The summed E-state index contributed by atoms with van der Waals surface area (Å²) in [6.07, 6.45) is 3.00. The van der Waals surface area contributed by atoms with E-state index in [1.807, 2.05) is 0 Å². The minimum Gasteiger partial charge on any atom is -0.463 e. The van der Waals surface area contributed by atoms with Crippen molar-refractivity contribution in [1.82, 2.24) is 15.0 Å². The third kappa shape index (κ3) is 2.86. The standard InChI is InChI=1S/C10H7N5O3S.BrH/c16-8-6-7(12-9(17)14-8)13-10(19-6)15-11-4-5-2-1-3-18-5;/h1-4H,(H3,12,13,14,15,16,17);1H. The van der Waals surface area contributed by atoms with E-state index in [4.69, 9.17) is 4.42 Å². The Labute approximate surface area is 125 Å². The smallest absolute Gasteiger partial charge is 0.327 e. The number of fused-ring (bicyclic) bond motifs is 1. The molecule has 0 spiro atoms. The van der Waals surface area contributed by atoms with E-state index in [0.717, 1.165) is 11.3 Å². The minimum absolute atomic E-state index is 0. The number of thiazole rings is 1. The number of furan rings is 1. The lowest BCUT2D eigenvalue weighted by molar-refractivity contribution is 0.560. The van der Waals surface area contributed by atoms with Gasteiger partial charge in [-0.3, -0.25) is 20.2 Å². The first kappa shape index (κ1) is 14.2. The lowest BCUT2D eigenvalue weighted by Crippen LogP contribution is -2.20. The molecule has 0 saturated carbocycles. The number of nitrogens with one attached hydrogen (secondary N) is 3. The van der Waals surface area contributed by atoms with E-state index in [-0.39, 0.29) is 22.6 Å². The number of aromatic amines is 2. The molecule has 0 amide bonds. The third-order valence-corrected chi connectivity index (χ3v) is 3.15. The molecule has 3 rings (SSSR count). The van der Waals surface area contributed by atoms with Gasteiger partial charge < -0.3 is 4.42 Å². The molecule has 104 valence electrons. The van der Waals surface area contributed by atoms with E-state index in [1.165, 1.54) is 12.5 Å². The first-order chi connectivity index (χ1) is 9.22. The molecule has 8 nitrogen and oxygen atoms in total. The van der Waals surface area contributed by atoms with Gasteiger partial charge in [0.1, 0.15) is 10.5 Å². The molecule has 0 atom stereocenters. The van der Waals surface area contributed by atoms with Gasteiger partial charge in [-0.25, -0.2) is 9.78 Å². The monoisotopic (exact) mass is 357 g/mol. The second kappa shape index (κ2) is 5.84. The molecular formula is C10H8BrN5O3S. The Morgan fingerprint density at radius 2 is 2.25 bits per heavy atom. The van der Waals surface area contributed by atoms with E-state index in [9.17, 15) is 9.59 Å². The van der Waals surface area contributed by atoms with Gasteiger partial charge in [0.25, 0.3) is 5.56 Å². The van der Waals surface area contributed by atoms with Crippen LogP contribution in [-0.4, -0.2) is 21.2 Å². The Kier molecular flexibility index (Phi) is 4.15. The van der Waals surface area contributed by atoms with E-state index >= 15 is 0 Å². The second-order valence-corrected chi connectivity index (χ2v) is 4.49. The van der Waals surface area contributed by atoms with Crippen molar-refractivity contribution >= 4 is 50.0 Å². The second-order valence-electron chi connectivity index (χ2n) is 3.49. The maximum atomic E-state index is 11.5. The Balaban J connectivity index is 0.00000147. The summed E-state index contributed by atoms with van der Waals surface area (Å²) in [4.78, 5) is 31.2. The summed E-state index contributed by atoms with van der Waals surface area (Å²) >= 11 is 1.09. The number of hydrogen-bond acceptors (Lipinski definition) is 7. The van der Waals surface area contributed by atoms with Crippen LogP contribution < -0.4 is 16.7 Å². The Hall–Kier alpha value is -2.20. The molecule has 10 heteroatoms. The number of hydrazone groups is 1. The van der Waals surface area contributed by atoms with E-state index in [1.54, 1.807) is 12.1 Å². The van der Waals surface area contributed by atoms with Crippen LogP contribution in [0.5, 0.6) is 0 Å². The first-order valence-corrected chi connectivity index (χ1v) is 6.00. The van der Waals surface area contributed by atoms with Crippen LogP contribution in [0.4, 0.5) is 5.13 Å². The molecule has 0 aliphatic heterocycles. The summed E-state index contributed by atoms with van der Waals surface area (Å²) < 4.78 is 5.39. The quantitative estimate of drug-likeness (QED) is 0.482. The van der Waals surface area contributed by atoms with Crippen molar-refractivity contribution in [2.24, 2.45) is 5.10 Å². The maximum Gasteiger partial charge on any atom is 0.327 e. The number of anilines is 1. The molecule has 3 heterocycles. The average molecular weight is 358 g/mol. The Morgan fingerprint density at radius 1 is 1.40 bits per heavy atom. The maximum absolute atomic E-state index is 11.5. The fourth-order valence-corrected chi connectivity index (χ4v) is 2.19. The topological polar surface area (TPSA) is 116 Å². The van der Waals surface area contributed by atoms with Gasteiger partial charge in [0, 0.05) is 0 Å². The van der Waals surface area contributed by atoms with Crippen LogP contribution in [0.25, 0.3) is 10.3 Å². The molecule has 20 heavy (non-hydrogen) atoms. The molecule has 0 fully saturated rings. The van der Waals surface area contributed by atoms with Crippen molar-refractivity contribution in [3.05, 3.63) is 45.0 Å². The number of nitrogens with zero attached hydrogens (tertiary/aromatic N) is 2. The summed E-state index contributed by atoms with van der Waals surface area (Å²) in [5, 5.41) is 4.30.